The van der Waals surface area contributed by atoms with Gasteiger partial charge in [0.15, 0.2) is 0 Å². The monoisotopic (exact) mass is 247 g/mol. The summed E-state index contributed by atoms with van der Waals surface area (Å²) in [6, 6.07) is 2.09. The van der Waals surface area contributed by atoms with Crippen molar-refractivity contribution in [1.82, 2.24) is 9.97 Å². The Labute approximate surface area is 110 Å². The van der Waals surface area contributed by atoms with Gasteiger partial charge in [-0.15, -0.1) is 0 Å². The molecule has 0 saturated heterocycles. The third-order valence-electron chi connectivity index (χ3n) is 3.74. The molecule has 1 saturated carbocycles. The minimum atomic E-state index is -0.135. The normalized spacial score (nSPS) is 17.9. The Kier molecular flexibility index (Phi) is 4.33. The third kappa shape index (κ3) is 4.05. The van der Waals surface area contributed by atoms with Crippen LogP contribution in [0.3, 0.4) is 0 Å². The average Bonchev–Trinajstić information content (AvgIpc) is 2.37. The predicted octanol–water partition coefficient (Wildman–Crippen LogP) is 3.19. The zero-order valence-corrected chi connectivity index (χ0v) is 11.7. The number of hydrogen-bond acceptors (Lipinski definition) is 3. The summed E-state index contributed by atoms with van der Waals surface area (Å²) in [5, 5.41) is 0. The van der Waals surface area contributed by atoms with E-state index in [2.05, 4.69) is 24.9 Å². The van der Waals surface area contributed by atoms with Crippen molar-refractivity contribution >= 4 is 0 Å². The second-order valence-electron chi connectivity index (χ2n) is 6.22. The van der Waals surface area contributed by atoms with Gasteiger partial charge in [0.2, 0.25) is 0 Å². The quantitative estimate of drug-likeness (QED) is 0.889. The molecule has 0 unspecified atom stereocenters. The van der Waals surface area contributed by atoms with Gasteiger partial charge >= 0.3 is 0 Å². The van der Waals surface area contributed by atoms with Crippen LogP contribution in [0.2, 0.25) is 0 Å². The number of aryl methyl sites for hydroxylation is 1. The summed E-state index contributed by atoms with van der Waals surface area (Å²) < 4.78 is 0. The van der Waals surface area contributed by atoms with E-state index in [0.29, 0.717) is 5.92 Å². The van der Waals surface area contributed by atoms with Crippen LogP contribution in [-0.4, -0.2) is 15.5 Å². The van der Waals surface area contributed by atoms with Crippen LogP contribution in [0, 0.1) is 0 Å². The van der Waals surface area contributed by atoms with Crippen molar-refractivity contribution in [1.29, 1.82) is 0 Å². The lowest BCUT2D eigenvalue weighted by Gasteiger charge is -2.21. The van der Waals surface area contributed by atoms with Crippen LogP contribution in [0.15, 0.2) is 12.3 Å². The van der Waals surface area contributed by atoms with Gasteiger partial charge in [0.25, 0.3) is 0 Å². The first-order valence-electron chi connectivity index (χ1n) is 7.15. The fraction of sp³-hybridized carbons (Fsp3) is 0.733. The summed E-state index contributed by atoms with van der Waals surface area (Å²) in [5.74, 6) is 1.61. The van der Waals surface area contributed by atoms with Crippen LogP contribution in [0.5, 0.6) is 0 Å². The molecule has 1 heterocycles. The first kappa shape index (κ1) is 13.5. The van der Waals surface area contributed by atoms with Crippen LogP contribution < -0.4 is 5.73 Å². The molecular weight excluding hydrogens is 222 g/mol. The van der Waals surface area contributed by atoms with Crippen molar-refractivity contribution in [2.75, 3.05) is 0 Å². The SMILES string of the molecule is CC(C)(N)CCc1nccc(C2CCCCC2)n1. The van der Waals surface area contributed by atoms with E-state index < -0.39 is 0 Å². The molecule has 2 N–H and O–H groups in total. The summed E-state index contributed by atoms with van der Waals surface area (Å²) in [6.07, 6.45) is 10.4. The van der Waals surface area contributed by atoms with Gasteiger partial charge in [0, 0.05) is 29.8 Å². The topological polar surface area (TPSA) is 51.8 Å². The lowest BCUT2D eigenvalue weighted by Crippen LogP contribution is -2.32. The van der Waals surface area contributed by atoms with Crippen molar-refractivity contribution in [3.05, 3.63) is 23.8 Å². The van der Waals surface area contributed by atoms with Gasteiger partial charge in [-0.05, 0) is 39.2 Å². The fourth-order valence-electron chi connectivity index (χ4n) is 2.59. The van der Waals surface area contributed by atoms with Crippen LogP contribution >= 0.6 is 0 Å². The average molecular weight is 247 g/mol. The Morgan fingerprint density at radius 2 is 2.00 bits per heavy atom. The van der Waals surface area contributed by atoms with E-state index in [1.807, 2.05) is 6.20 Å². The van der Waals surface area contributed by atoms with Crippen molar-refractivity contribution in [3.8, 4) is 0 Å². The largest absolute Gasteiger partial charge is 0.326 e. The standard InChI is InChI=1S/C15H25N3/c1-15(2,16)10-8-14-17-11-9-13(18-14)12-6-4-3-5-7-12/h9,11-12H,3-8,10,16H2,1-2H3. The molecule has 0 atom stereocenters. The van der Waals surface area contributed by atoms with Gasteiger partial charge < -0.3 is 5.73 Å². The Hall–Kier alpha value is -0.960. The maximum atomic E-state index is 6.01. The van der Waals surface area contributed by atoms with Crippen LogP contribution in [0.1, 0.15) is 69.8 Å². The maximum absolute atomic E-state index is 6.01. The van der Waals surface area contributed by atoms with E-state index in [0.717, 1.165) is 18.7 Å². The van der Waals surface area contributed by atoms with Gasteiger partial charge in [-0.3, -0.25) is 0 Å². The van der Waals surface area contributed by atoms with Gasteiger partial charge in [0.1, 0.15) is 5.82 Å². The van der Waals surface area contributed by atoms with Crippen LogP contribution in [0.25, 0.3) is 0 Å². The van der Waals surface area contributed by atoms with E-state index in [9.17, 15) is 0 Å². The molecule has 0 bridgehead atoms. The number of nitrogens with zero attached hydrogens (tertiary/aromatic N) is 2. The highest BCUT2D eigenvalue weighted by atomic mass is 14.9. The highest BCUT2D eigenvalue weighted by Crippen LogP contribution is 2.31. The van der Waals surface area contributed by atoms with Crippen molar-refractivity contribution in [2.45, 2.75) is 70.3 Å². The molecule has 1 aromatic rings. The minimum Gasteiger partial charge on any atom is -0.326 e. The second-order valence-corrected chi connectivity index (χ2v) is 6.22. The molecule has 0 radical (unpaired) electrons. The van der Waals surface area contributed by atoms with Gasteiger partial charge in [-0.25, -0.2) is 9.97 Å². The van der Waals surface area contributed by atoms with E-state index in [-0.39, 0.29) is 5.54 Å². The molecule has 3 nitrogen and oxygen atoms in total. The summed E-state index contributed by atoms with van der Waals surface area (Å²) >= 11 is 0. The number of hydrogen-bond donors (Lipinski definition) is 1. The molecule has 3 heteroatoms. The van der Waals surface area contributed by atoms with Gasteiger partial charge in [-0.1, -0.05) is 19.3 Å². The fourth-order valence-corrected chi connectivity index (χ4v) is 2.59. The molecule has 1 aromatic heterocycles. The Bertz CT molecular complexity index is 376. The Balaban J connectivity index is 2.00. The molecule has 18 heavy (non-hydrogen) atoms. The molecule has 1 fully saturated rings. The lowest BCUT2D eigenvalue weighted by molar-refractivity contribution is 0.433. The van der Waals surface area contributed by atoms with E-state index in [1.165, 1.54) is 37.8 Å². The van der Waals surface area contributed by atoms with Crippen LogP contribution in [-0.2, 0) is 6.42 Å². The van der Waals surface area contributed by atoms with E-state index in [1.54, 1.807) is 0 Å². The third-order valence-corrected chi connectivity index (χ3v) is 3.74. The van der Waals surface area contributed by atoms with Crippen molar-refractivity contribution in [2.24, 2.45) is 5.73 Å². The highest BCUT2D eigenvalue weighted by molar-refractivity contribution is 5.09. The van der Waals surface area contributed by atoms with E-state index in [4.69, 9.17) is 10.7 Å². The summed E-state index contributed by atoms with van der Waals surface area (Å²) in [4.78, 5) is 9.10. The highest BCUT2D eigenvalue weighted by Gasteiger charge is 2.18. The minimum absolute atomic E-state index is 0.135. The van der Waals surface area contributed by atoms with Gasteiger partial charge in [0.05, 0.1) is 0 Å². The van der Waals surface area contributed by atoms with Crippen molar-refractivity contribution in [3.63, 3.8) is 0 Å². The molecule has 0 aromatic carbocycles. The smallest absolute Gasteiger partial charge is 0.128 e. The molecule has 1 aliphatic carbocycles. The molecule has 2 rings (SSSR count). The molecule has 0 aliphatic heterocycles. The Morgan fingerprint density at radius 1 is 1.28 bits per heavy atom. The number of aromatic nitrogens is 2. The predicted molar refractivity (Wildman–Crippen MR) is 74.4 cm³/mol. The summed E-state index contributed by atoms with van der Waals surface area (Å²) in [6.45, 7) is 4.11. The molecule has 100 valence electrons. The van der Waals surface area contributed by atoms with Crippen molar-refractivity contribution < 1.29 is 0 Å². The lowest BCUT2D eigenvalue weighted by atomic mass is 9.87. The zero-order chi connectivity index (χ0) is 13.0. The second kappa shape index (κ2) is 5.79. The molecule has 0 amide bonds. The summed E-state index contributed by atoms with van der Waals surface area (Å²) in [7, 11) is 0. The number of rotatable bonds is 4. The summed E-state index contributed by atoms with van der Waals surface area (Å²) in [5.41, 5.74) is 7.12. The first-order valence-corrected chi connectivity index (χ1v) is 7.15. The molecule has 1 aliphatic rings. The number of nitrogens with two attached hydrogens (primary N) is 1. The van der Waals surface area contributed by atoms with Gasteiger partial charge in [-0.2, -0.15) is 0 Å². The van der Waals surface area contributed by atoms with Crippen LogP contribution in [0.4, 0.5) is 0 Å². The molecular formula is C15H25N3. The van der Waals surface area contributed by atoms with E-state index >= 15 is 0 Å². The Morgan fingerprint density at radius 3 is 2.67 bits per heavy atom. The maximum Gasteiger partial charge on any atom is 0.128 e. The first-order chi connectivity index (χ1) is 8.54. The molecule has 0 spiro atoms. The zero-order valence-electron chi connectivity index (χ0n) is 11.7.